The van der Waals surface area contributed by atoms with Crippen molar-refractivity contribution in [3.8, 4) is 0 Å². The second kappa shape index (κ2) is 6.78. The summed E-state index contributed by atoms with van der Waals surface area (Å²) in [5.74, 6) is -0.119. The molecule has 1 aliphatic rings. The maximum Gasteiger partial charge on any atom is 0.271 e. The Bertz CT molecular complexity index is 935. The molecule has 0 radical (unpaired) electrons. The van der Waals surface area contributed by atoms with Crippen LogP contribution in [0.15, 0.2) is 30.5 Å². The lowest BCUT2D eigenvalue weighted by Gasteiger charge is -2.17. The van der Waals surface area contributed by atoms with Crippen molar-refractivity contribution in [3.63, 3.8) is 0 Å². The molecule has 1 aromatic carbocycles. The van der Waals surface area contributed by atoms with E-state index in [2.05, 4.69) is 34.4 Å². The summed E-state index contributed by atoms with van der Waals surface area (Å²) in [7, 11) is 4.14. The maximum absolute atomic E-state index is 12.4. The topological polar surface area (TPSA) is 66.0 Å². The Balaban J connectivity index is 1.36. The minimum atomic E-state index is -0.119. The Labute approximate surface area is 157 Å². The fourth-order valence-electron chi connectivity index (χ4n) is 3.50. The van der Waals surface area contributed by atoms with E-state index in [1.165, 1.54) is 0 Å². The van der Waals surface area contributed by atoms with Crippen molar-refractivity contribution in [1.29, 1.82) is 0 Å². The van der Waals surface area contributed by atoms with E-state index in [4.69, 9.17) is 11.6 Å². The van der Waals surface area contributed by atoms with E-state index in [1.54, 1.807) is 0 Å². The number of hydrogen-bond acceptors (Lipinski definition) is 3. The number of H-pyrrole nitrogens is 1. The number of hydrogen-bond donors (Lipinski definition) is 2. The van der Waals surface area contributed by atoms with Crippen molar-refractivity contribution in [2.75, 3.05) is 20.6 Å². The number of carbonyl (C=O) groups excluding carboxylic acids is 1. The molecule has 0 aliphatic carbocycles. The van der Waals surface area contributed by atoms with Crippen LogP contribution in [0.5, 0.6) is 0 Å². The molecule has 136 valence electrons. The maximum atomic E-state index is 12.4. The molecule has 0 fully saturated rings. The van der Waals surface area contributed by atoms with Crippen LogP contribution in [0.25, 0.3) is 10.9 Å². The van der Waals surface area contributed by atoms with Crippen LogP contribution in [0.1, 0.15) is 21.7 Å². The van der Waals surface area contributed by atoms with Crippen LogP contribution in [0, 0.1) is 0 Å². The number of fused-ring (bicyclic) bond motifs is 2. The first-order valence-corrected chi connectivity index (χ1v) is 9.16. The minimum Gasteiger partial charge on any atom is -0.361 e. The van der Waals surface area contributed by atoms with Gasteiger partial charge in [-0.05, 0) is 50.3 Å². The van der Waals surface area contributed by atoms with E-state index in [0.29, 0.717) is 23.3 Å². The number of benzene rings is 1. The highest BCUT2D eigenvalue weighted by molar-refractivity contribution is 6.31. The molecule has 6 nitrogen and oxygen atoms in total. The van der Waals surface area contributed by atoms with Crippen molar-refractivity contribution in [2.24, 2.45) is 0 Å². The van der Waals surface area contributed by atoms with Gasteiger partial charge in [0.1, 0.15) is 5.69 Å². The number of nitrogens with zero attached hydrogens (tertiary/aromatic N) is 3. The second-order valence-electron chi connectivity index (χ2n) is 7.03. The van der Waals surface area contributed by atoms with Gasteiger partial charge in [0.05, 0.1) is 6.54 Å². The van der Waals surface area contributed by atoms with Gasteiger partial charge in [-0.3, -0.25) is 9.48 Å². The molecule has 0 spiro atoms. The first-order chi connectivity index (χ1) is 12.5. The number of aromatic amines is 1. The molecule has 2 aromatic heterocycles. The third kappa shape index (κ3) is 3.22. The number of rotatable bonds is 5. The largest absolute Gasteiger partial charge is 0.361 e. The van der Waals surface area contributed by atoms with Gasteiger partial charge >= 0.3 is 0 Å². The molecule has 1 amide bonds. The molecular formula is C19H22ClN5O. The third-order valence-corrected chi connectivity index (χ3v) is 5.30. The van der Waals surface area contributed by atoms with Crippen LogP contribution < -0.4 is 5.32 Å². The summed E-state index contributed by atoms with van der Waals surface area (Å²) in [5, 5.41) is 9.24. The fourth-order valence-corrected chi connectivity index (χ4v) is 3.67. The molecule has 1 atom stereocenters. The molecule has 2 N–H and O–H groups in total. The third-order valence-electron chi connectivity index (χ3n) is 5.06. The van der Waals surface area contributed by atoms with Crippen molar-refractivity contribution < 1.29 is 4.79 Å². The Kier molecular flexibility index (Phi) is 4.46. The lowest BCUT2D eigenvalue weighted by molar-refractivity contribution is 0.0948. The normalized spacial score (nSPS) is 16.4. The van der Waals surface area contributed by atoms with E-state index in [9.17, 15) is 4.79 Å². The molecule has 3 heterocycles. The van der Waals surface area contributed by atoms with Crippen LogP contribution in [0.2, 0.25) is 5.02 Å². The first-order valence-electron chi connectivity index (χ1n) is 8.78. The van der Waals surface area contributed by atoms with Crippen LogP contribution in [0.4, 0.5) is 0 Å². The molecule has 0 unspecified atom stereocenters. The number of aromatic nitrogens is 3. The van der Waals surface area contributed by atoms with Gasteiger partial charge in [-0.15, -0.1) is 0 Å². The number of amides is 1. The molecule has 0 saturated heterocycles. The lowest BCUT2D eigenvalue weighted by atomic mass is 10.1. The van der Waals surface area contributed by atoms with Gasteiger partial charge < -0.3 is 15.2 Å². The van der Waals surface area contributed by atoms with E-state index in [-0.39, 0.29) is 5.91 Å². The van der Waals surface area contributed by atoms with E-state index in [0.717, 1.165) is 41.5 Å². The molecule has 1 aliphatic heterocycles. The summed E-state index contributed by atoms with van der Waals surface area (Å²) in [5.41, 5.74) is 3.82. The summed E-state index contributed by atoms with van der Waals surface area (Å²) in [6.45, 7) is 1.40. The van der Waals surface area contributed by atoms with Crippen molar-refractivity contribution in [1.82, 2.24) is 25.0 Å². The highest BCUT2D eigenvalue weighted by Crippen LogP contribution is 2.22. The van der Waals surface area contributed by atoms with Crippen molar-refractivity contribution in [3.05, 3.63) is 52.4 Å². The molecule has 26 heavy (non-hydrogen) atoms. The second-order valence-corrected chi connectivity index (χ2v) is 7.47. The SMILES string of the molecule is CN(C)[C@H]1Cc2cc(C(=O)NCCc3c[nH]c4ccc(Cl)cc34)nn2C1. The lowest BCUT2D eigenvalue weighted by Crippen LogP contribution is -2.30. The van der Waals surface area contributed by atoms with E-state index in [1.807, 2.05) is 35.1 Å². The van der Waals surface area contributed by atoms with Crippen molar-refractivity contribution in [2.45, 2.75) is 25.4 Å². The van der Waals surface area contributed by atoms with Crippen LogP contribution in [-0.2, 0) is 19.4 Å². The zero-order chi connectivity index (χ0) is 18.3. The molecule has 0 saturated carbocycles. The Morgan fingerprint density at radius 3 is 3.04 bits per heavy atom. The average molecular weight is 372 g/mol. The zero-order valence-corrected chi connectivity index (χ0v) is 15.7. The first kappa shape index (κ1) is 17.1. The zero-order valence-electron chi connectivity index (χ0n) is 14.9. The summed E-state index contributed by atoms with van der Waals surface area (Å²) in [6.07, 6.45) is 3.64. The van der Waals surface area contributed by atoms with E-state index >= 15 is 0 Å². The number of nitrogens with one attached hydrogen (secondary N) is 2. The van der Waals surface area contributed by atoms with Gasteiger partial charge in [0.25, 0.3) is 5.91 Å². The van der Waals surface area contributed by atoms with Crippen LogP contribution >= 0.6 is 11.6 Å². The van der Waals surface area contributed by atoms with Gasteiger partial charge in [-0.1, -0.05) is 11.6 Å². The standard InChI is InChI=1S/C19H22ClN5O/c1-24(2)15-8-14-9-18(23-25(14)11-15)19(26)21-6-5-12-10-22-17-4-3-13(20)7-16(12)17/h3-4,7,9-10,15,22H,5-6,8,11H2,1-2H3,(H,21,26)/t15-/m0/s1. The molecular weight excluding hydrogens is 350 g/mol. The molecule has 7 heteroatoms. The van der Waals surface area contributed by atoms with Gasteiger partial charge in [0.15, 0.2) is 0 Å². The number of carbonyl (C=O) groups is 1. The number of halogens is 1. The fraction of sp³-hybridized carbons (Fsp3) is 0.368. The predicted molar refractivity (Wildman–Crippen MR) is 103 cm³/mol. The Hall–Kier alpha value is -2.31. The summed E-state index contributed by atoms with van der Waals surface area (Å²) in [4.78, 5) is 17.8. The molecule has 0 bridgehead atoms. The smallest absolute Gasteiger partial charge is 0.271 e. The highest BCUT2D eigenvalue weighted by atomic mass is 35.5. The van der Waals surface area contributed by atoms with Gasteiger partial charge in [0, 0.05) is 46.8 Å². The average Bonchev–Trinajstić information content (AvgIpc) is 3.27. The summed E-state index contributed by atoms with van der Waals surface area (Å²) >= 11 is 6.08. The summed E-state index contributed by atoms with van der Waals surface area (Å²) < 4.78 is 1.95. The van der Waals surface area contributed by atoms with Crippen LogP contribution in [-0.4, -0.2) is 52.3 Å². The molecule has 3 aromatic rings. The van der Waals surface area contributed by atoms with Gasteiger partial charge in [-0.25, -0.2) is 0 Å². The summed E-state index contributed by atoms with van der Waals surface area (Å²) in [6, 6.07) is 8.15. The minimum absolute atomic E-state index is 0.119. The van der Waals surface area contributed by atoms with Crippen LogP contribution in [0.3, 0.4) is 0 Å². The number of likely N-dealkylation sites (N-methyl/N-ethyl adjacent to an activating group) is 1. The van der Waals surface area contributed by atoms with Gasteiger partial charge in [-0.2, -0.15) is 5.10 Å². The Morgan fingerprint density at radius 1 is 1.42 bits per heavy atom. The predicted octanol–water partition coefficient (Wildman–Crippen LogP) is 2.48. The van der Waals surface area contributed by atoms with Crippen molar-refractivity contribution >= 4 is 28.4 Å². The highest BCUT2D eigenvalue weighted by Gasteiger charge is 2.26. The Morgan fingerprint density at radius 2 is 2.27 bits per heavy atom. The van der Waals surface area contributed by atoms with Gasteiger partial charge in [0.2, 0.25) is 0 Å². The quantitative estimate of drug-likeness (QED) is 0.724. The van der Waals surface area contributed by atoms with E-state index < -0.39 is 0 Å². The monoisotopic (exact) mass is 371 g/mol. The molecule has 4 rings (SSSR count).